The summed E-state index contributed by atoms with van der Waals surface area (Å²) in [5.41, 5.74) is 2.32. The first-order valence-corrected chi connectivity index (χ1v) is 10.2. The summed E-state index contributed by atoms with van der Waals surface area (Å²) in [6.07, 6.45) is 0. The number of guanidine groups is 1. The first-order chi connectivity index (χ1) is 12.0. The zero-order valence-electron chi connectivity index (χ0n) is 16.0. The molecule has 140 valence electrons. The molecule has 1 fully saturated rings. The van der Waals surface area contributed by atoms with Gasteiger partial charge < -0.3 is 20.3 Å². The first kappa shape index (κ1) is 19.9. The van der Waals surface area contributed by atoms with Crippen molar-refractivity contribution in [1.29, 1.82) is 0 Å². The molecule has 0 unspecified atom stereocenters. The highest BCUT2D eigenvalue weighted by Crippen LogP contribution is 2.20. The number of benzene rings is 1. The van der Waals surface area contributed by atoms with E-state index in [2.05, 4.69) is 65.6 Å². The summed E-state index contributed by atoms with van der Waals surface area (Å²) in [5, 5.41) is 6.63. The van der Waals surface area contributed by atoms with Crippen molar-refractivity contribution in [3.05, 3.63) is 29.8 Å². The predicted molar refractivity (Wildman–Crippen MR) is 110 cm³/mol. The number of methoxy groups -OCH3 is 1. The fourth-order valence-corrected chi connectivity index (χ4v) is 3.42. The van der Waals surface area contributed by atoms with Crippen molar-refractivity contribution in [2.24, 2.45) is 4.99 Å². The van der Waals surface area contributed by atoms with Crippen LogP contribution in [0.25, 0.3) is 0 Å². The van der Waals surface area contributed by atoms with Crippen LogP contribution in [0.1, 0.15) is 26.3 Å². The zero-order valence-corrected chi connectivity index (χ0v) is 16.8. The van der Waals surface area contributed by atoms with Crippen molar-refractivity contribution in [3.8, 4) is 0 Å². The van der Waals surface area contributed by atoms with Gasteiger partial charge in [0.25, 0.3) is 0 Å². The van der Waals surface area contributed by atoms with Gasteiger partial charge in [0.05, 0.1) is 12.1 Å². The Morgan fingerprint density at radius 2 is 1.88 bits per heavy atom. The highest BCUT2D eigenvalue weighted by molar-refractivity contribution is 7.99. The van der Waals surface area contributed by atoms with Crippen LogP contribution in [0.5, 0.6) is 0 Å². The number of hydrogen-bond donors (Lipinski definition) is 2. The maximum atomic E-state index is 5.45. The molecule has 0 amide bonds. The van der Waals surface area contributed by atoms with Crippen molar-refractivity contribution in [2.75, 3.05) is 49.7 Å². The van der Waals surface area contributed by atoms with Crippen molar-refractivity contribution in [1.82, 2.24) is 10.6 Å². The molecule has 1 heterocycles. The molecule has 1 aliphatic rings. The van der Waals surface area contributed by atoms with Crippen LogP contribution in [0, 0.1) is 0 Å². The number of ether oxygens (including phenoxy) is 1. The third kappa shape index (κ3) is 6.78. The molecule has 0 aliphatic carbocycles. The Kier molecular flexibility index (Phi) is 7.90. The van der Waals surface area contributed by atoms with E-state index in [1.54, 1.807) is 7.11 Å². The Morgan fingerprint density at radius 3 is 2.48 bits per heavy atom. The largest absolute Gasteiger partial charge is 0.377 e. The normalized spacial score (nSPS) is 16.0. The van der Waals surface area contributed by atoms with Crippen molar-refractivity contribution < 1.29 is 4.74 Å². The van der Waals surface area contributed by atoms with E-state index in [1.807, 2.05) is 11.8 Å². The number of nitrogens with one attached hydrogen (secondary N) is 2. The summed E-state index contributed by atoms with van der Waals surface area (Å²) in [6.45, 7) is 10.7. The molecule has 0 aromatic heterocycles. The lowest BCUT2D eigenvalue weighted by Gasteiger charge is -2.28. The number of nitrogens with zero attached hydrogens (tertiary/aromatic N) is 2. The monoisotopic (exact) mass is 364 g/mol. The number of thioether (sulfide) groups is 1. The molecule has 0 atom stereocenters. The summed E-state index contributed by atoms with van der Waals surface area (Å²) in [6, 6.07) is 8.80. The summed E-state index contributed by atoms with van der Waals surface area (Å²) < 4.78 is 5.45. The molecule has 0 spiro atoms. The Labute approximate surface area is 156 Å². The van der Waals surface area contributed by atoms with Crippen LogP contribution in [0.15, 0.2) is 29.3 Å². The second-order valence-corrected chi connectivity index (χ2v) is 8.00. The van der Waals surface area contributed by atoms with E-state index >= 15 is 0 Å². The topological polar surface area (TPSA) is 48.9 Å². The Bertz CT molecular complexity index is 539. The average Bonchev–Trinajstić information content (AvgIpc) is 2.65. The van der Waals surface area contributed by atoms with Crippen LogP contribution >= 0.6 is 11.8 Å². The molecular weight excluding hydrogens is 332 g/mol. The Hall–Kier alpha value is -1.40. The van der Waals surface area contributed by atoms with Gasteiger partial charge in [-0.25, -0.2) is 4.99 Å². The summed E-state index contributed by atoms with van der Waals surface area (Å²) >= 11 is 2.04. The minimum atomic E-state index is -0.218. The lowest BCUT2D eigenvalue weighted by Crippen LogP contribution is -2.45. The van der Waals surface area contributed by atoms with Crippen LogP contribution in [0.2, 0.25) is 0 Å². The highest BCUT2D eigenvalue weighted by Gasteiger charge is 2.16. The molecule has 1 aromatic carbocycles. The number of hydrogen-bond acceptors (Lipinski definition) is 4. The molecule has 1 aromatic rings. The SMILES string of the molecule is CCNC(=NCc1ccc(N2CCSCC2)cc1)NCC(C)(C)OC. The van der Waals surface area contributed by atoms with Crippen molar-refractivity contribution >= 4 is 23.4 Å². The van der Waals surface area contributed by atoms with Gasteiger partial charge in [-0.05, 0) is 38.5 Å². The lowest BCUT2D eigenvalue weighted by molar-refractivity contribution is 0.0268. The third-order valence-electron chi connectivity index (χ3n) is 4.31. The highest BCUT2D eigenvalue weighted by atomic mass is 32.2. The molecule has 25 heavy (non-hydrogen) atoms. The quantitative estimate of drug-likeness (QED) is 0.575. The summed E-state index contributed by atoms with van der Waals surface area (Å²) in [5.74, 6) is 3.27. The van der Waals surface area contributed by atoms with Gasteiger partial charge in [0.2, 0.25) is 0 Å². The van der Waals surface area contributed by atoms with Gasteiger partial charge in [-0.2, -0.15) is 11.8 Å². The molecule has 0 saturated carbocycles. The fraction of sp³-hybridized carbons (Fsp3) is 0.632. The zero-order chi connectivity index (χ0) is 18.1. The first-order valence-electron chi connectivity index (χ1n) is 9.03. The van der Waals surface area contributed by atoms with Crippen LogP contribution in [-0.2, 0) is 11.3 Å². The van der Waals surface area contributed by atoms with Gasteiger partial charge in [0.15, 0.2) is 5.96 Å². The van der Waals surface area contributed by atoms with Gasteiger partial charge in [0.1, 0.15) is 0 Å². The molecule has 1 aliphatic heterocycles. The van der Waals surface area contributed by atoms with E-state index < -0.39 is 0 Å². The number of anilines is 1. The fourth-order valence-electron chi connectivity index (χ4n) is 2.51. The minimum absolute atomic E-state index is 0.218. The van der Waals surface area contributed by atoms with Gasteiger partial charge in [0, 0.05) is 50.5 Å². The second kappa shape index (κ2) is 9.92. The number of rotatable bonds is 7. The van der Waals surface area contributed by atoms with Gasteiger partial charge in [-0.1, -0.05) is 12.1 Å². The van der Waals surface area contributed by atoms with E-state index in [9.17, 15) is 0 Å². The Morgan fingerprint density at radius 1 is 1.20 bits per heavy atom. The van der Waals surface area contributed by atoms with Crippen LogP contribution in [0.4, 0.5) is 5.69 Å². The smallest absolute Gasteiger partial charge is 0.191 e. The van der Waals surface area contributed by atoms with E-state index in [-0.39, 0.29) is 5.60 Å². The van der Waals surface area contributed by atoms with Crippen LogP contribution < -0.4 is 15.5 Å². The summed E-state index contributed by atoms with van der Waals surface area (Å²) in [4.78, 5) is 7.15. The molecular formula is C19H32N4OS. The van der Waals surface area contributed by atoms with Crippen LogP contribution in [-0.4, -0.2) is 56.4 Å². The minimum Gasteiger partial charge on any atom is -0.377 e. The van der Waals surface area contributed by atoms with Gasteiger partial charge in [-0.15, -0.1) is 0 Å². The van der Waals surface area contributed by atoms with Crippen molar-refractivity contribution in [2.45, 2.75) is 32.9 Å². The summed E-state index contributed by atoms with van der Waals surface area (Å²) in [7, 11) is 1.73. The molecule has 1 saturated heterocycles. The van der Waals surface area contributed by atoms with Gasteiger partial charge >= 0.3 is 0 Å². The molecule has 6 heteroatoms. The molecule has 0 radical (unpaired) electrons. The van der Waals surface area contributed by atoms with Crippen LogP contribution in [0.3, 0.4) is 0 Å². The van der Waals surface area contributed by atoms with E-state index in [0.29, 0.717) is 13.1 Å². The number of aliphatic imine (C=N–C) groups is 1. The van der Waals surface area contributed by atoms with Crippen molar-refractivity contribution in [3.63, 3.8) is 0 Å². The van der Waals surface area contributed by atoms with Gasteiger partial charge in [-0.3, -0.25) is 0 Å². The molecule has 0 bridgehead atoms. The van der Waals surface area contributed by atoms with E-state index in [0.717, 1.165) is 25.6 Å². The second-order valence-electron chi connectivity index (χ2n) is 6.78. The lowest BCUT2D eigenvalue weighted by atomic mass is 10.1. The van der Waals surface area contributed by atoms with E-state index in [4.69, 9.17) is 4.74 Å². The predicted octanol–water partition coefficient (Wildman–Crippen LogP) is 2.72. The third-order valence-corrected chi connectivity index (χ3v) is 5.25. The molecule has 2 N–H and O–H groups in total. The molecule has 2 rings (SSSR count). The average molecular weight is 365 g/mol. The maximum Gasteiger partial charge on any atom is 0.191 e. The van der Waals surface area contributed by atoms with E-state index in [1.165, 1.54) is 22.8 Å². The maximum absolute atomic E-state index is 5.45. The Balaban J connectivity index is 1.92. The molecule has 5 nitrogen and oxygen atoms in total. The standard InChI is InChI=1S/C19H32N4OS/c1-5-20-18(22-15-19(2,3)24-4)21-14-16-6-8-17(9-7-16)23-10-12-25-13-11-23/h6-9H,5,10-15H2,1-4H3,(H2,20,21,22).